The minimum atomic E-state index is -2.81. The summed E-state index contributed by atoms with van der Waals surface area (Å²) in [5.41, 5.74) is 0. The Labute approximate surface area is 42.9 Å². The van der Waals surface area contributed by atoms with E-state index >= 15 is 0 Å². The summed E-state index contributed by atoms with van der Waals surface area (Å²) in [5, 5.41) is 0. The van der Waals surface area contributed by atoms with Crippen molar-refractivity contribution in [1.29, 1.82) is 0 Å². The Bertz CT molecular complexity index is 29.8. The fraction of sp³-hybridized carbons (Fsp3) is 1.00. The molecule has 32 valence electrons. The minimum absolute atomic E-state index is 0.824. The van der Waals surface area contributed by atoms with Crippen molar-refractivity contribution < 1.29 is 13.2 Å². The molecule has 0 amide bonds. The van der Waals surface area contributed by atoms with Gasteiger partial charge in [0.2, 0.25) is 0 Å². The van der Waals surface area contributed by atoms with E-state index in [-0.39, 0.29) is 0 Å². The fourth-order valence-corrected chi connectivity index (χ4v) is 0. The van der Waals surface area contributed by atoms with Crippen LogP contribution in [0.1, 0.15) is 0 Å². The van der Waals surface area contributed by atoms with Crippen LogP contribution in [-0.2, 0) is 0 Å². The van der Waals surface area contributed by atoms with Gasteiger partial charge in [0.15, 0.2) is 0 Å². The molecule has 1 unspecified atom stereocenters. The van der Waals surface area contributed by atoms with Crippen molar-refractivity contribution in [2.45, 2.75) is 11.3 Å². The van der Waals surface area contributed by atoms with Gasteiger partial charge in [0.25, 0.3) is 0 Å². The second-order valence-corrected chi connectivity index (χ2v) is 1.01. The van der Waals surface area contributed by atoms with Crippen molar-refractivity contribution in [3.05, 3.63) is 0 Å². The molecule has 4 heteroatoms. The van der Waals surface area contributed by atoms with Gasteiger partial charge < -0.3 is 0 Å². The van der Waals surface area contributed by atoms with Crippen LogP contribution in [0.25, 0.3) is 0 Å². The normalized spacial score (nSPS) is 15.7. The Morgan fingerprint density at radius 1 is 1.17 bits per heavy atom. The topological polar surface area (TPSA) is 0 Å². The summed E-state index contributed by atoms with van der Waals surface area (Å²) in [6, 6.07) is 0. The molecule has 0 saturated carbocycles. The molecule has 0 nitrogen and oxygen atoms in total. The van der Waals surface area contributed by atoms with E-state index in [9.17, 15) is 13.2 Å². The molecule has 0 N–H and O–H groups in total. The predicted octanol–water partition coefficient (Wildman–Crippen LogP) is 0.716. The van der Waals surface area contributed by atoms with E-state index in [2.05, 4.69) is 0 Å². The molecule has 0 aliphatic heterocycles. The van der Waals surface area contributed by atoms with Crippen molar-refractivity contribution in [2.24, 2.45) is 0 Å². The second-order valence-electron chi connectivity index (χ2n) is 1.01. The Morgan fingerprint density at radius 3 is 1.33 bits per heavy atom. The van der Waals surface area contributed by atoms with E-state index in [1.165, 1.54) is 0 Å². The molecule has 0 spiro atoms. The van der Waals surface area contributed by atoms with Crippen molar-refractivity contribution in [3.8, 4) is 0 Å². The third kappa shape index (κ3) is 2.62. The first kappa shape index (κ1) is 6.39. The van der Waals surface area contributed by atoms with Gasteiger partial charge in [-0.15, -0.1) is 0 Å². The van der Waals surface area contributed by atoms with Crippen molar-refractivity contribution in [3.63, 3.8) is 0 Å². The van der Waals surface area contributed by atoms with Crippen LogP contribution in [0.15, 0.2) is 0 Å². The summed E-state index contributed by atoms with van der Waals surface area (Å²) < 4.78 is 32.6. The zero-order valence-electron chi connectivity index (χ0n) is 3.29. The molecule has 1 atom stereocenters. The zero-order chi connectivity index (χ0) is 5.15. The molecule has 0 aromatic heterocycles. The van der Waals surface area contributed by atoms with Crippen LogP contribution >= 0.6 is 0 Å². The SMILES string of the molecule is [Li][CH](F)C(F)F. The van der Waals surface area contributed by atoms with Gasteiger partial charge in [-0.25, -0.2) is 0 Å². The zero-order valence-corrected chi connectivity index (χ0v) is 3.29. The molecule has 0 saturated heterocycles. The van der Waals surface area contributed by atoms with Crippen LogP contribution in [0, 0.1) is 0 Å². The van der Waals surface area contributed by atoms with E-state index in [0.717, 1.165) is 17.7 Å². The van der Waals surface area contributed by atoms with Crippen LogP contribution in [0.4, 0.5) is 13.2 Å². The summed E-state index contributed by atoms with van der Waals surface area (Å²) in [6.07, 6.45) is -2.81. The average molecular weight is 90.0 g/mol. The number of alkyl halides is 3. The van der Waals surface area contributed by atoms with Crippen LogP contribution in [0.3, 0.4) is 0 Å². The van der Waals surface area contributed by atoms with E-state index < -0.39 is 11.3 Å². The Balaban J connectivity index is 2.99. The Morgan fingerprint density at radius 2 is 1.33 bits per heavy atom. The third-order valence-electron chi connectivity index (χ3n) is 0.347. The molecular formula is C2H2F3Li. The monoisotopic (exact) mass is 90.0 g/mol. The molecular weight excluding hydrogens is 88.0 g/mol. The van der Waals surface area contributed by atoms with Crippen molar-refractivity contribution >= 4 is 17.7 Å². The van der Waals surface area contributed by atoms with Gasteiger partial charge in [0, 0.05) is 0 Å². The fourth-order valence-electron chi connectivity index (χ4n) is 0. The molecule has 0 fully saturated rings. The first-order valence-corrected chi connectivity index (χ1v) is 1.57. The first-order valence-electron chi connectivity index (χ1n) is 1.57. The Hall–Kier alpha value is 0.387. The van der Waals surface area contributed by atoms with E-state index in [1.807, 2.05) is 0 Å². The molecule has 6 heavy (non-hydrogen) atoms. The summed E-state index contributed by atoms with van der Waals surface area (Å²) in [5.74, 6) is 0. The van der Waals surface area contributed by atoms with Gasteiger partial charge in [-0.05, 0) is 0 Å². The average Bonchev–Trinajstić information content (AvgIpc) is 1.36. The van der Waals surface area contributed by atoms with Crippen LogP contribution in [-0.4, -0.2) is 29.0 Å². The van der Waals surface area contributed by atoms with Gasteiger partial charge >= 0.3 is 42.2 Å². The second kappa shape index (κ2) is 2.54. The van der Waals surface area contributed by atoms with E-state index in [1.54, 1.807) is 0 Å². The number of halogens is 3. The standard InChI is InChI=1S/C2H2F3.Li/c3-1-2(4)5;/h1-2H;. The molecule has 0 rings (SSSR count). The first-order chi connectivity index (χ1) is 2.64. The third-order valence-corrected chi connectivity index (χ3v) is 0.347. The van der Waals surface area contributed by atoms with E-state index in [4.69, 9.17) is 0 Å². The predicted molar refractivity (Wildman–Crippen MR) is 16.7 cm³/mol. The molecule has 0 aliphatic carbocycles. The molecule has 0 aromatic carbocycles. The maximum atomic E-state index is 11.1. The Kier molecular flexibility index (Phi) is 2.71. The van der Waals surface area contributed by atoms with Gasteiger partial charge in [0.05, 0.1) is 0 Å². The maximum absolute atomic E-state index is 11.1. The molecule has 0 heterocycles. The number of rotatable bonds is 1. The molecule has 0 aromatic rings. The summed E-state index contributed by atoms with van der Waals surface area (Å²) >= 11 is 0.824. The van der Waals surface area contributed by atoms with Gasteiger partial charge in [0.1, 0.15) is 0 Å². The van der Waals surface area contributed by atoms with Crippen molar-refractivity contribution in [2.75, 3.05) is 0 Å². The molecule has 0 aliphatic rings. The summed E-state index contributed by atoms with van der Waals surface area (Å²) in [4.78, 5) is -1.98. The van der Waals surface area contributed by atoms with Gasteiger partial charge in [-0.1, -0.05) is 0 Å². The summed E-state index contributed by atoms with van der Waals surface area (Å²) in [7, 11) is 0. The van der Waals surface area contributed by atoms with Crippen molar-refractivity contribution in [1.82, 2.24) is 0 Å². The number of hydrogen-bond donors (Lipinski definition) is 0. The summed E-state index contributed by atoms with van der Waals surface area (Å²) in [6.45, 7) is 0. The quantitative estimate of drug-likeness (QED) is 0.416. The molecule has 0 bridgehead atoms. The van der Waals surface area contributed by atoms with E-state index in [0.29, 0.717) is 0 Å². The van der Waals surface area contributed by atoms with Crippen LogP contribution in [0.2, 0.25) is 0 Å². The van der Waals surface area contributed by atoms with Gasteiger partial charge in [-0.2, -0.15) is 0 Å². The van der Waals surface area contributed by atoms with Gasteiger partial charge in [-0.3, -0.25) is 0 Å². The molecule has 0 radical (unpaired) electrons. The van der Waals surface area contributed by atoms with Crippen LogP contribution in [0.5, 0.6) is 0 Å². The number of hydrogen-bond acceptors (Lipinski definition) is 0. The van der Waals surface area contributed by atoms with Crippen LogP contribution < -0.4 is 0 Å².